The Hall–Kier alpha value is -3.07. The van der Waals surface area contributed by atoms with Crippen LogP contribution in [0.1, 0.15) is 18.1 Å². The van der Waals surface area contributed by atoms with Crippen LogP contribution in [0.3, 0.4) is 0 Å². The molecule has 3 aromatic rings. The number of anilines is 1. The fourth-order valence-electron chi connectivity index (χ4n) is 3.88. The number of nitrogens with zero attached hydrogens (tertiary/aromatic N) is 2. The van der Waals surface area contributed by atoms with Gasteiger partial charge in [-0.1, -0.05) is 71.7 Å². The summed E-state index contributed by atoms with van der Waals surface area (Å²) in [6.07, 6.45) is 1.28. The lowest BCUT2D eigenvalue weighted by Gasteiger charge is -2.33. The first-order valence-corrected chi connectivity index (χ1v) is 14.3. The Bertz CT molecular complexity index is 1320. The third kappa shape index (κ3) is 8.21. The number of rotatable bonds is 11. The van der Waals surface area contributed by atoms with Gasteiger partial charge >= 0.3 is 0 Å². The van der Waals surface area contributed by atoms with E-state index in [1.54, 1.807) is 49.4 Å². The average Bonchev–Trinajstić information content (AvgIpc) is 2.85. The van der Waals surface area contributed by atoms with Crippen molar-refractivity contribution in [3.63, 3.8) is 0 Å². The molecule has 196 valence electrons. The minimum absolute atomic E-state index is 0.0811. The van der Waals surface area contributed by atoms with Gasteiger partial charge in [0.05, 0.1) is 11.9 Å². The van der Waals surface area contributed by atoms with Gasteiger partial charge in [0.2, 0.25) is 21.8 Å². The Morgan fingerprint density at radius 1 is 0.892 bits per heavy atom. The number of hydrogen-bond donors (Lipinski definition) is 1. The molecule has 0 aromatic heterocycles. The molecule has 0 spiro atoms. The number of nitrogens with one attached hydrogen (secondary N) is 1. The van der Waals surface area contributed by atoms with Crippen LogP contribution in [-0.2, 0) is 32.6 Å². The van der Waals surface area contributed by atoms with Gasteiger partial charge in [0, 0.05) is 29.6 Å². The van der Waals surface area contributed by atoms with Gasteiger partial charge in [-0.2, -0.15) is 0 Å². The summed E-state index contributed by atoms with van der Waals surface area (Å²) in [6.45, 7) is 1.76. The van der Waals surface area contributed by atoms with Crippen LogP contribution in [-0.4, -0.2) is 50.5 Å². The second-order valence-corrected chi connectivity index (χ2v) is 11.3. The van der Waals surface area contributed by atoms with E-state index >= 15 is 0 Å². The molecule has 3 aromatic carbocycles. The minimum atomic E-state index is -3.85. The summed E-state index contributed by atoms with van der Waals surface area (Å²) in [7, 11) is -3.85. The third-order valence-corrected chi connectivity index (χ3v) is 7.29. The molecule has 0 aliphatic carbocycles. The van der Waals surface area contributed by atoms with Crippen molar-refractivity contribution in [3.05, 3.63) is 100 Å². The normalized spacial score (nSPS) is 12.0. The number of hydrogen-bond acceptors (Lipinski definition) is 4. The Labute approximate surface area is 228 Å². The van der Waals surface area contributed by atoms with Crippen molar-refractivity contribution >= 4 is 50.7 Å². The maximum atomic E-state index is 13.9. The van der Waals surface area contributed by atoms with Crippen molar-refractivity contribution in [2.75, 3.05) is 23.7 Å². The van der Waals surface area contributed by atoms with Crippen molar-refractivity contribution in [2.24, 2.45) is 0 Å². The molecule has 0 heterocycles. The number of carbonyl (C=O) groups excluding carboxylic acids is 2. The summed E-state index contributed by atoms with van der Waals surface area (Å²) < 4.78 is 26.4. The third-order valence-electron chi connectivity index (χ3n) is 5.66. The summed E-state index contributed by atoms with van der Waals surface area (Å²) in [5.41, 5.74) is 1.86. The molecule has 1 N–H and O–H groups in total. The summed E-state index contributed by atoms with van der Waals surface area (Å²) >= 11 is 12.1. The molecule has 0 fully saturated rings. The monoisotopic (exact) mass is 561 g/mol. The molecule has 37 heavy (non-hydrogen) atoms. The molecule has 0 radical (unpaired) electrons. The van der Waals surface area contributed by atoms with Crippen LogP contribution < -0.4 is 9.62 Å². The van der Waals surface area contributed by atoms with Crippen LogP contribution in [0, 0.1) is 0 Å². The predicted molar refractivity (Wildman–Crippen MR) is 148 cm³/mol. The quantitative estimate of drug-likeness (QED) is 0.372. The fraction of sp³-hybridized carbons (Fsp3) is 0.259. The van der Waals surface area contributed by atoms with Crippen molar-refractivity contribution < 1.29 is 18.0 Å². The number of likely N-dealkylation sites (N-methyl/N-ethyl adjacent to an activating group) is 1. The Balaban J connectivity index is 2.03. The zero-order valence-electron chi connectivity index (χ0n) is 20.6. The largest absolute Gasteiger partial charge is 0.355 e. The average molecular weight is 563 g/mol. The summed E-state index contributed by atoms with van der Waals surface area (Å²) in [5.74, 6) is -0.866. The first kappa shape index (κ1) is 28.5. The van der Waals surface area contributed by atoms with E-state index in [4.69, 9.17) is 23.2 Å². The number of benzene rings is 3. The maximum Gasteiger partial charge on any atom is 0.244 e. The molecule has 10 heteroatoms. The topological polar surface area (TPSA) is 86.8 Å². The Kier molecular flexibility index (Phi) is 9.97. The highest BCUT2D eigenvalue weighted by molar-refractivity contribution is 7.92. The first-order chi connectivity index (χ1) is 17.6. The lowest BCUT2D eigenvalue weighted by atomic mass is 10.0. The Morgan fingerprint density at radius 2 is 1.57 bits per heavy atom. The number of carbonyl (C=O) groups is 2. The summed E-state index contributed by atoms with van der Waals surface area (Å²) in [4.78, 5) is 28.5. The molecule has 7 nitrogen and oxygen atoms in total. The molecular formula is C27H29Cl2N3O4S. The van der Waals surface area contributed by atoms with E-state index in [0.717, 1.165) is 21.7 Å². The number of amides is 2. The van der Waals surface area contributed by atoms with E-state index in [-0.39, 0.29) is 24.6 Å². The lowest BCUT2D eigenvalue weighted by Crippen LogP contribution is -2.53. The fourth-order valence-corrected chi connectivity index (χ4v) is 5.03. The molecule has 0 unspecified atom stereocenters. The van der Waals surface area contributed by atoms with Gasteiger partial charge < -0.3 is 10.2 Å². The van der Waals surface area contributed by atoms with E-state index in [9.17, 15) is 18.0 Å². The highest BCUT2D eigenvalue weighted by Crippen LogP contribution is 2.23. The van der Waals surface area contributed by atoms with Crippen LogP contribution in [0.5, 0.6) is 0 Å². The lowest BCUT2D eigenvalue weighted by molar-refractivity contribution is -0.140. The van der Waals surface area contributed by atoms with E-state index < -0.39 is 28.5 Å². The molecule has 0 bridgehead atoms. The maximum absolute atomic E-state index is 13.9. The van der Waals surface area contributed by atoms with Crippen LogP contribution in [0.25, 0.3) is 0 Å². The van der Waals surface area contributed by atoms with Crippen LogP contribution >= 0.6 is 23.2 Å². The van der Waals surface area contributed by atoms with E-state index in [2.05, 4.69) is 5.32 Å². The van der Waals surface area contributed by atoms with Crippen molar-refractivity contribution in [1.82, 2.24) is 10.2 Å². The van der Waals surface area contributed by atoms with E-state index in [1.165, 1.54) is 11.0 Å². The van der Waals surface area contributed by atoms with Crippen molar-refractivity contribution in [3.8, 4) is 0 Å². The van der Waals surface area contributed by atoms with Gasteiger partial charge in [0.25, 0.3) is 0 Å². The molecule has 3 rings (SSSR count). The zero-order chi connectivity index (χ0) is 27.0. The van der Waals surface area contributed by atoms with Crippen LogP contribution in [0.2, 0.25) is 10.0 Å². The van der Waals surface area contributed by atoms with Crippen LogP contribution in [0.15, 0.2) is 78.9 Å². The molecule has 2 amide bonds. The van der Waals surface area contributed by atoms with Gasteiger partial charge in [0.1, 0.15) is 12.6 Å². The smallest absolute Gasteiger partial charge is 0.244 e. The van der Waals surface area contributed by atoms with E-state index in [1.807, 2.05) is 30.3 Å². The molecular weight excluding hydrogens is 533 g/mol. The van der Waals surface area contributed by atoms with Crippen LogP contribution in [0.4, 0.5) is 5.69 Å². The minimum Gasteiger partial charge on any atom is -0.355 e. The van der Waals surface area contributed by atoms with E-state index in [0.29, 0.717) is 16.6 Å². The van der Waals surface area contributed by atoms with Gasteiger partial charge in [0.15, 0.2) is 0 Å². The van der Waals surface area contributed by atoms with Gasteiger partial charge in [-0.15, -0.1) is 0 Å². The number of halogens is 2. The zero-order valence-corrected chi connectivity index (χ0v) is 22.9. The first-order valence-electron chi connectivity index (χ1n) is 11.7. The SMILES string of the molecule is CCNC(=O)[C@@H](Cc1ccccc1)N(Cc1ccc(Cl)cc1)C(=O)CN(c1cccc(Cl)c1)S(C)(=O)=O. The van der Waals surface area contributed by atoms with Gasteiger partial charge in [-0.25, -0.2) is 8.42 Å². The van der Waals surface area contributed by atoms with Gasteiger partial charge in [-0.3, -0.25) is 13.9 Å². The second-order valence-electron chi connectivity index (χ2n) is 8.50. The second kappa shape index (κ2) is 12.9. The molecule has 1 atom stereocenters. The molecule has 0 saturated heterocycles. The highest BCUT2D eigenvalue weighted by atomic mass is 35.5. The molecule has 0 aliphatic rings. The molecule has 0 aliphatic heterocycles. The van der Waals surface area contributed by atoms with Crippen molar-refractivity contribution in [2.45, 2.75) is 25.9 Å². The highest BCUT2D eigenvalue weighted by Gasteiger charge is 2.32. The Morgan fingerprint density at radius 3 is 2.16 bits per heavy atom. The van der Waals surface area contributed by atoms with Crippen molar-refractivity contribution in [1.29, 1.82) is 0 Å². The molecule has 0 saturated carbocycles. The van der Waals surface area contributed by atoms with Gasteiger partial charge in [-0.05, 0) is 48.4 Å². The number of sulfonamides is 1. The standard InChI is InChI=1S/C27H29Cl2N3O4S/c1-3-30-27(34)25(16-20-8-5-4-6-9-20)31(18-21-12-14-22(28)15-13-21)26(33)19-32(37(2,35)36)24-11-7-10-23(29)17-24/h4-15,17,25H,3,16,18-19H2,1-2H3,(H,30,34)/t25-/m1/s1. The summed E-state index contributed by atoms with van der Waals surface area (Å²) in [6, 6.07) is 21.7. The predicted octanol–water partition coefficient (Wildman–Crippen LogP) is 4.54. The summed E-state index contributed by atoms with van der Waals surface area (Å²) in [5, 5.41) is 3.69.